The van der Waals surface area contributed by atoms with Gasteiger partial charge in [-0.05, 0) is 41.5 Å². The molecule has 0 aromatic rings. The van der Waals surface area contributed by atoms with Crippen molar-refractivity contribution in [3.8, 4) is 0 Å². The van der Waals surface area contributed by atoms with Crippen LogP contribution in [0.3, 0.4) is 0 Å². The molecule has 0 aromatic heterocycles. The van der Waals surface area contributed by atoms with Crippen LogP contribution in [-0.2, 0) is 4.74 Å². The van der Waals surface area contributed by atoms with Gasteiger partial charge in [0, 0.05) is 43.9 Å². The third-order valence-corrected chi connectivity index (χ3v) is 3.65. The number of ether oxygens (including phenoxy) is 1. The smallest absolute Gasteiger partial charge is 0.0630 e. The van der Waals surface area contributed by atoms with Crippen LogP contribution < -0.4 is 0 Å². The average Bonchev–Trinajstić information content (AvgIpc) is 2.15. The maximum atomic E-state index is 5.40. The highest BCUT2D eigenvalue weighted by atomic mass is 16.5. The minimum atomic E-state index is 0.229. The van der Waals surface area contributed by atoms with Gasteiger partial charge in [0.15, 0.2) is 0 Å². The van der Waals surface area contributed by atoms with Gasteiger partial charge in [0.05, 0.1) is 6.61 Å². The Labute approximate surface area is 107 Å². The normalized spacial score (nSPS) is 25.2. The molecule has 3 nitrogen and oxygen atoms in total. The first-order chi connectivity index (χ1) is 7.66. The maximum absolute atomic E-state index is 5.40. The molecule has 1 unspecified atom stereocenters. The van der Waals surface area contributed by atoms with E-state index in [4.69, 9.17) is 4.74 Å². The molecule has 1 aliphatic heterocycles. The van der Waals surface area contributed by atoms with Crippen LogP contribution in [0.2, 0.25) is 0 Å². The molecule has 0 radical (unpaired) electrons. The zero-order valence-electron chi connectivity index (χ0n) is 12.7. The maximum Gasteiger partial charge on any atom is 0.0630 e. The summed E-state index contributed by atoms with van der Waals surface area (Å²) in [7, 11) is 1.80. The molecule has 0 N–H and O–H groups in total. The van der Waals surface area contributed by atoms with Crippen LogP contribution in [0, 0.1) is 0 Å². The van der Waals surface area contributed by atoms with Gasteiger partial charge < -0.3 is 4.74 Å². The van der Waals surface area contributed by atoms with Gasteiger partial charge >= 0.3 is 0 Å². The Bertz CT molecular complexity index is 240. The zero-order chi connectivity index (χ0) is 13.3. The van der Waals surface area contributed by atoms with Crippen LogP contribution in [0.25, 0.3) is 0 Å². The number of hydrogen-bond acceptors (Lipinski definition) is 3. The molecule has 17 heavy (non-hydrogen) atoms. The van der Waals surface area contributed by atoms with E-state index in [-0.39, 0.29) is 11.1 Å². The predicted octanol–water partition coefficient (Wildman–Crippen LogP) is 2.22. The predicted molar refractivity (Wildman–Crippen MR) is 73.4 cm³/mol. The Morgan fingerprint density at radius 3 is 2.00 bits per heavy atom. The summed E-state index contributed by atoms with van der Waals surface area (Å²) in [4.78, 5) is 5.15. The largest absolute Gasteiger partial charge is 0.383 e. The van der Waals surface area contributed by atoms with Crippen molar-refractivity contribution in [3.05, 3.63) is 0 Å². The van der Waals surface area contributed by atoms with Crippen molar-refractivity contribution in [1.29, 1.82) is 0 Å². The van der Waals surface area contributed by atoms with E-state index >= 15 is 0 Å². The second-order valence-electron chi connectivity index (χ2n) is 7.09. The molecule has 1 saturated heterocycles. The summed E-state index contributed by atoms with van der Waals surface area (Å²) in [6.07, 6.45) is 0. The summed E-state index contributed by atoms with van der Waals surface area (Å²) in [6, 6.07) is 0.507. The average molecular weight is 242 g/mol. The van der Waals surface area contributed by atoms with E-state index in [1.54, 1.807) is 7.11 Å². The molecule has 102 valence electrons. The van der Waals surface area contributed by atoms with Gasteiger partial charge in [-0.2, -0.15) is 0 Å². The van der Waals surface area contributed by atoms with E-state index in [0.29, 0.717) is 6.04 Å². The van der Waals surface area contributed by atoms with Crippen molar-refractivity contribution in [2.45, 2.75) is 58.7 Å². The Hall–Kier alpha value is -0.120. The van der Waals surface area contributed by atoms with E-state index in [2.05, 4.69) is 51.3 Å². The third kappa shape index (κ3) is 3.94. The van der Waals surface area contributed by atoms with E-state index in [1.165, 1.54) is 0 Å². The molecule has 1 aliphatic rings. The number of methoxy groups -OCH3 is 1. The molecule has 0 aliphatic carbocycles. The Kier molecular flexibility index (Phi) is 4.61. The van der Waals surface area contributed by atoms with Crippen molar-refractivity contribution >= 4 is 0 Å². The van der Waals surface area contributed by atoms with Gasteiger partial charge in [-0.25, -0.2) is 0 Å². The molecular weight excluding hydrogens is 212 g/mol. The lowest BCUT2D eigenvalue weighted by atomic mass is 9.97. The molecule has 1 atom stereocenters. The molecule has 1 fully saturated rings. The third-order valence-electron chi connectivity index (χ3n) is 3.65. The summed E-state index contributed by atoms with van der Waals surface area (Å²) >= 11 is 0. The van der Waals surface area contributed by atoms with Crippen molar-refractivity contribution in [1.82, 2.24) is 9.80 Å². The van der Waals surface area contributed by atoms with Crippen molar-refractivity contribution < 1.29 is 4.74 Å². The summed E-state index contributed by atoms with van der Waals surface area (Å²) in [5, 5.41) is 0. The van der Waals surface area contributed by atoms with Crippen molar-refractivity contribution in [2.75, 3.05) is 33.4 Å². The fourth-order valence-corrected chi connectivity index (χ4v) is 2.68. The highest BCUT2D eigenvalue weighted by molar-refractivity contribution is 4.92. The van der Waals surface area contributed by atoms with Crippen molar-refractivity contribution in [2.24, 2.45) is 0 Å². The summed E-state index contributed by atoms with van der Waals surface area (Å²) < 4.78 is 5.40. The van der Waals surface area contributed by atoms with Gasteiger partial charge in [-0.1, -0.05) is 0 Å². The Morgan fingerprint density at radius 1 is 1.00 bits per heavy atom. The lowest BCUT2D eigenvalue weighted by Crippen LogP contribution is -2.63. The van der Waals surface area contributed by atoms with Crippen LogP contribution >= 0.6 is 0 Å². The first kappa shape index (κ1) is 14.9. The zero-order valence-corrected chi connectivity index (χ0v) is 12.7. The second kappa shape index (κ2) is 5.25. The number of hydrogen-bond donors (Lipinski definition) is 0. The van der Waals surface area contributed by atoms with Crippen LogP contribution in [0.1, 0.15) is 41.5 Å². The van der Waals surface area contributed by atoms with Gasteiger partial charge in [0.2, 0.25) is 0 Å². The first-order valence-electron chi connectivity index (χ1n) is 6.67. The summed E-state index contributed by atoms with van der Waals surface area (Å²) in [5.74, 6) is 0. The molecule has 3 heteroatoms. The highest BCUT2D eigenvalue weighted by Crippen LogP contribution is 2.25. The monoisotopic (exact) mass is 242 g/mol. The van der Waals surface area contributed by atoms with E-state index in [9.17, 15) is 0 Å². The van der Waals surface area contributed by atoms with E-state index < -0.39 is 0 Å². The molecule has 1 heterocycles. The van der Waals surface area contributed by atoms with Crippen LogP contribution in [0.5, 0.6) is 0 Å². The first-order valence-corrected chi connectivity index (χ1v) is 6.67. The van der Waals surface area contributed by atoms with Gasteiger partial charge in [0.1, 0.15) is 0 Å². The molecular formula is C14H30N2O. The second-order valence-corrected chi connectivity index (χ2v) is 7.09. The molecule has 0 amide bonds. The lowest BCUT2D eigenvalue weighted by molar-refractivity contribution is -0.0468. The minimum Gasteiger partial charge on any atom is -0.383 e. The molecule has 0 aromatic carbocycles. The van der Waals surface area contributed by atoms with E-state index in [0.717, 1.165) is 26.2 Å². The van der Waals surface area contributed by atoms with Gasteiger partial charge in [-0.3, -0.25) is 9.80 Å². The number of nitrogens with zero attached hydrogens (tertiary/aromatic N) is 2. The molecule has 0 spiro atoms. The minimum absolute atomic E-state index is 0.229. The quantitative estimate of drug-likeness (QED) is 0.738. The standard InChI is InChI=1S/C14H30N2O/c1-13(2,3)15-8-9-16(14(4,5)6)12(10-15)11-17-7/h12H,8-11H2,1-7H3. The molecule has 0 bridgehead atoms. The Balaban J connectivity index is 2.74. The molecule has 1 rings (SSSR count). The van der Waals surface area contributed by atoms with Crippen LogP contribution in [-0.4, -0.2) is 60.3 Å². The van der Waals surface area contributed by atoms with Crippen LogP contribution in [0.4, 0.5) is 0 Å². The van der Waals surface area contributed by atoms with Crippen LogP contribution in [0.15, 0.2) is 0 Å². The fourth-order valence-electron chi connectivity index (χ4n) is 2.68. The topological polar surface area (TPSA) is 15.7 Å². The van der Waals surface area contributed by atoms with Crippen molar-refractivity contribution in [3.63, 3.8) is 0 Å². The Morgan fingerprint density at radius 2 is 1.59 bits per heavy atom. The summed E-state index contributed by atoms with van der Waals surface area (Å²) in [5.41, 5.74) is 0.489. The number of piperazine rings is 1. The van der Waals surface area contributed by atoms with E-state index in [1.807, 2.05) is 0 Å². The fraction of sp³-hybridized carbons (Fsp3) is 1.00. The number of rotatable bonds is 2. The van der Waals surface area contributed by atoms with Gasteiger partial charge in [0.25, 0.3) is 0 Å². The lowest BCUT2D eigenvalue weighted by Gasteiger charge is -2.51. The highest BCUT2D eigenvalue weighted by Gasteiger charge is 2.36. The molecule has 0 saturated carbocycles. The van der Waals surface area contributed by atoms with Gasteiger partial charge in [-0.15, -0.1) is 0 Å². The summed E-state index contributed by atoms with van der Waals surface area (Å²) in [6.45, 7) is 18.0. The SMILES string of the molecule is COCC1CN(C(C)(C)C)CCN1C(C)(C)C.